The van der Waals surface area contributed by atoms with E-state index < -0.39 is 0 Å². The lowest BCUT2D eigenvalue weighted by atomic mass is 10.3. The van der Waals surface area contributed by atoms with E-state index >= 15 is 0 Å². The Hall–Kier alpha value is -1.73. The molecule has 0 bridgehead atoms. The molecule has 0 aliphatic carbocycles. The number of nitrogens with zero attached hydrogens (tertiary/aromatic N) is 1. The number of amides is 2. The van der Waals surface area contributed by atoms with E-state index in [0.29, 0.717) is 19.7 Å². The summed E-state index contributed by atoms with van der Waals surface area (Å²) in [5.41, 5.74) is 0. The number of likely N-dealkylation sites (N-methyl/N-ethyl adjacent to an activating group) is 1. The van der Waals surface area contributed by atoms with Gasteiger partial charge in [0.2, 0.25) is 0 Å². The van der Waals surface area contributed by atoms with Crippen LogP contribution < -0.4 is 14.8 Å². The maximum Gasteiger partial charge on any atom is 0.317 e. The number of benzene rings is 1. The van der Waals surface area contributed by atoms with Crippen LogP contribution in [0.1, 0.15) is 4.88 Å². The van der Waals surface area contributed by atoms with Gasteiger partial charge in [0.15, 0.2) is 0 Å². The number of hydrogen-bond acceptors (Lipinski definition) is 4. The molecule has 1 heterocycles. The van der Waals surface area contributed by atoms with Gasteiger partial charge in [0.25, 0.3) is 0 Å². The molecule has 5 nitrogen and oxygen atoms in total. The zero-order valence-corrected chi connectivity index (χ0v) is 15.4. The molecule has 0 atom stereocenters. The summed E-state index contributed by atoms with van der Waals surface area (Å²) >= 11 is 5.00. The third kappa shape index (κ3) is 5.76. The highest BCUT2D eigenvalue weighted by Crippen LogP contribution is 2.19. The van der Waals surface area contributed by atoms with Gasteiger partial charge in [-0.25, -0.2) is 4.79 Å². The minimum atomic E-state index is -0.118. The SMILES string of the molecule is COc1ccc(OCCN(C)C(=O)NCc2cc(Br)cs2)cc1. The van der Waals surface area contributed by atoms with Gasteiger partial charge in [0.05, 0.1) is 20.2 Å². The van der Waals surface area contributed by atoms with Crippen LogP contribution in [0.25, 0.3) is 0 Å². The number of methoxy groups -OCH3 is 1. The first-order valence-electron chi connectivity index (χ1n) is 7.07. The van der Waals surface area contributed by atoms with Crippen molar-refractivity contribution < 1.29 is 14.3 Å². The standard InChI is InChI=1S/C16H19BrN2O3S/c1-19(16(20)18-10-15-9-12(17)11-23-15)7-8-22-14-5-3-13(21-2)4-6-14/h3-6,9,11H,7-8,10H2,1-2H3,(H,18,20). The molecule has 0 aliphatic rings. The molecule has 124 valence electrons. The van der Waals surface area contributed by atoms with Crippen LogP contribution in [-0.4, -0.2) is 38.2 Å². The normalized spacial score (nSPS) is 10.2. The van der Waals surface area contributed by atoms with Gasteiger partial charge >= 0.3 is 6.03 Å². The maximum atomic E-state index is 12.0. The van der Waals surface area contributed by atoms with E-state index in [1.165, 1.54) is 0 Å². The van der Waals surface area contributed by atoms with Crippen LogP contribution in [0.15, 0.2) is 40.2 Å². The quantitative estimate of drug-likeness (QED) is 0.772. The molecule has 0 saturated carbocycles. The molecule has 7 heteroatoms. The van der Waals surface area contributed by atoms with Gasteiger partial charge in [-0.15, -0.1) is 11.3 Å². The molecular formula is C16H19BrN2O3S. The third-order valence-electron chi connectivity index (χ3n) is 3.14. The zero-order chi connectivity index (χ0) is 16.7. The summed E-state index contributed by atoms with van der Waals surface area (Å²) < 4.78 is 11.7. The van der Waals surface area contributed by atoms with Crippen LogP contribution in [0.5, 0.6) is 11.5 Å². The fraction of sp³-hybridized carbons (Fsp3) is 0.312. The summed E-state index contributed by atoms with van der Waals surface area (Å²) in [6.07, 6.45) is 0. The number of nitrogens with one attached hydrogen (secondary N) is 1. The Morgan fingerprint density at radius 3 is 2.61 bits per heavy atom. The van der Waals surface area contributed by atoms with Crippen molar-refractivity contribution in [3.63, 3.8) is 0 Å². The minimum Gasteiger partial charge on any atom is -0.497 e. The lowest BCUT2D eigenvalue weighted by Crippen LogP contribution is -2.38. The fourth-order valence-corrected chi connectivity index (χ4v) is 3.21. The van der Waals surface area contributed by atoms with Crippen LogP contribution in [0.3, 0.4) is 0 Å². The van der Waals surface area contributed by atoms with E-state index in [0.717, 1.165) is 20.8 Å². The van der Waals surface area contributed by atoms with Crippen molar-refractivity contribution >= 4 is 33.3 Å². The number of hydrogen-bond donors (Lipinski definition) is 1. The molecule has 2 aromatic rings. The lowest BCUT2D eigenvalue weighted by molar-refractivity contribution is 0.195. The average Bonchev–Trinajstić information content (AvgIpc) is 2.98. The predicted molar refractivity (Wildman–Crippen MR) is 95.4 cm³/mol. The summed E-state index contributed by atoms with van der Waals surface area (Å²) in [4.78, 5) is 14.7. The molecule has 1 aromatic heterocycles. The van der Waals surface area contributed by atoms with Crippen molar-refractivity contribution in [2.45, 2.75) is 6.54 Å². The molecule has 0 aliphatic heterocycles. The van der Waals surface area contributed by atoms with E-state index in [1.807, 2.05) is 35.7 Å². The van der Waals surface area contributed by atoms with E-state index in [1.54, 1.807) is 30.4 Å². The monoisotopic (exact) mass is 398 g/mol. The van der Waals surface area contributed by atoms with Gasteiger partial charge in [-0.2, -0.15) is 0 Å². The second kappa shape index (κ2) is 8.79. The number of urea groups is 1. The fourth-order valence-electron chi connectivity index (χ4n) is 1.82. The summed E-state index contributed by atoms with van der Waals surface area (Å²) in [7, 11) is 3.37. The van der Waals surface area contributed by atoms with Crippen molar-refractivity contribution in [3.8, 4) is 11.5 Å². The molecule has 0 saturated heterocycles. The molecule has 0 radical (unpaired) electrons. The first-order valence-corrected chi connectivity index (χ1v) is 8.74. The smallest absolute Gasteiger partial charge is 0.317 e. The van der Waals surface area contributed by atoms with Crippen LogP contribution in [0.4, 0.5) is 4.79 Å². The Kier molecular flexibility index (Phi) is 6.73. The highest BCUT2D eigenvalue weighted by atomic mass is 79.9. The second-order valence-electron chi connectivity index (χ2n) is 4.84. The highest BCUT2D eigenvalue weighted by molar-refractivity contribution is 9.10. The molecule has 23 heavy (non-hydrogen) atoms. The van der Waals surface area contributed by atoms with Crippen LogP contribution in [0.2, 0.25) is 0 Å². The molecule has 0 fully saturated rings. The number of carbonyl (C=O) groups excluding carboxylic acids is 1. The Morgan fingerprint density at radius 1 is 1.30 bits per heavy atom. The van der Waals surface area contributed by atoms with Gasteiger partial charge < -0.3 is 19.7 Å². The highest BCUT2D eigenvalue weighted by Gasteiger charge is 2.08. The van der Waals surface area contributed by atoms with Crippen molar-refractivity contribution in [2.75, 3.05) is 27.3 Å². The summed E-state index contributed by atoms with van der Waals surface area (Å²) in [5.74, 6) is 1.54. The Morgan fingerprint density at radius 2 is 2.00 bits per heavy atom. The molecule has 1 aromatic carbocycles. The topological polar surface area (TPSA) is 50.8 Å². The molecule has 1 N–H and O–H groups in total. The number of thiophene rings is 1. The number of rotatable bonds is 7. The summed E-state index contributed by atoms with van der Waals surface area (Å²) in [6.45, 7) is 1.46. The Labute approximate surface area is 148 Å². The third-order valence-corrected chi connectivity index (χ3v) is 4.83. The number of carbonyl (C=O) groups is 1. The van der Waals surface area contributed by atoms with Gasteiger partial charge in [-0.1, -0.05) is 0 Å². The van der Waals surface area contributed by atoms with Gasteiger partial charge in [0.1, 0.15) is 18.1 Å². The van der Waals surface area contributed by atoms with Crippen molar-refractivity contribution in [1.82, 2.24) is 10.2 Å². The molecule has 0 unspecified atom stereocenters. The van der Waals surface area contributed by atoms with Crippen molar-refractivity contribution in [2.24, 2.45) is 0 Å². The van der Waals surface area contributed by atoms with E-state index in [-0.39, 0.29) is 6.03 Å². The van der Waals surface area contributed by atoms with E-state index in [4.69, 9.17) is 9.47 Å². The second-order valence-corrected chi connectivity index (χ2v) is 6.75. The maximum absolute atomic E-state index is 12.0. The van der Waals surface area contributed by atoms with Crippen LogP contribution in [0, 0.1) is 0 Å². The average molecular weight is 399 g/mol. The van der Waals surface area contributed by atoms with Crippen molar-refractivity contribution in [1.29, 1.82) is 0 Å². The number of halogens is 1. The van der Waals surface area contributed by atoms with Gasteiger partial charge in [0, 0.05) is 21.8 Å². The largest absolute Gasteiger partial charge is 0.497 e. The zero-order valence-electron chi connectivity index (χ0n) is 13.0. The Bertz CT molecular complexity index is 631. The van der Waals surface area contributed by atoms with Gasteiger partial charge in [-0.3, -0.25) is 0 Å². The molecular weight excluding hydrogens is 380 g/mol. The van der Waals surface area contributed by atoms with Crippen LogP contribution >= 0.6 is 27.3 Å². The summed E-state index contributed by atoms with van der Waals surface area (Å²) in [6, 6.07) is 9.24. The minimum absolute atomic E-state index is 0.118. The predicted octanol–water partition coefficient (Wildman–Crippen LogP) is 3.74. The summed E-state index contributed by atoms with van der Waals surface area (Å²) in [5, 5.41) is 4.87. The van der Waals surface area contributed by atoms with Crippen molar-refractivity contribution in [3.05, 3.63) is 45.1 Å². The van der Waals surface area contributed by atoms with E-state index in [9.17, 15) is 4.79 Å². The molecule has 2 amide bonds. The molecule has 2 rings (SSSR count). The van der Waals surface area contributed by atoms with E-state index in [2.05, 4.69) is 21.2 Å². The first kappa shape index (κ1) is 17.6. The first-order chi connectivity index (χ1) is 11.1. The van der Waals surface area contributed by atoms with Crippen LogP contribution in [-0.2, 0) is 6.54 Å². The number of ether oxygens (including phenoxy) is 2. The van der Waals surface area contributed by atoms with Gasteiger partial charge in [-0.05, 0) is 46.3 Å². The Balaban J connectivity index is 1.68. The molecule has 0 spiro atoms. The lowest BCUT2D eigenvalue weighted by Gasteiger charge is -2.18.